The van der Waals surface area contributed by atoms with Crippen molar-refractivity contribution in [3.63, 3.8) is 0 Å². The fraction of sp³-hybridized carbons (Fsp3) is 0.400. The highest BCUT2D eigenvalue weighted by Gasteiger charge is 2.48. The quantitative estimate of drug-likeness (QED) is 0.609. The van der Waals surface area contributed by atoms with Gasteiger partial charge < -0.3 is 4.90 Å². The van der Waals surface area contributed by atoms with E-state index in [0.29, 0.717) is 19.5 Å². The number of likely N-dealkylation sites (tertiary alicyclic amines) is 1. The Morgan fingerprint density at radius 1 is 1.00 bits per heavy atom. The van der Waals surface area contributed by atoms with Crippen molar-refractivity contribution in [2.45, 2.75) is 30.6 Å². The molecule has 0 unspecified atom stereocenters. The molecule has 0 atom stereocenters. The maximum atomic E-state index is 14.1. The number of benzene rings is 2. The van der Waals surface area contributed by atoms with E-state index in [4.69, 9.17) is 4.99 Å². The Bertz CT molecular complexity index is 1210. The molecule has 2 fully saturated rings. The van der Waals surface area contributed by atoms with Gasteiger partial charge in [-0.05, 0) is 49.1 Å². The zero-order valence-electron chi connectivity index (χ0n) is 18.8. The van der Waals surface area contributed by atoms with Crippen LogP contribution in [0.2, 0.25) is 0 Å². The molecule has 5 rings (SSSR count). The normalized spacial score (nSPS) is 20.9. The number of thioether (sulfide) groups is 1. The van der Waals surface area contributed by atoms with Gasteiger partial charge in [0.05, 0.1) is 0 Å². The van der Waals surface area contributed by atoms with Crippen molar-refractivity contribution in [3.8, 4) is 0 Å². The van der Waals surface area contributed by atoms with Crippen LogP contribution in [0.15, 0.2) is 70.2 Å². The van der Waals surface area contributed by atoms with E-state index in [-0.39, 0.29) is 16.1 Å². The summed E-state index contributed by atoms with van der Waals surface area (Å²) in [7, 11) is -3.82. The molecule has 1 spiro atoms. The lowest BCUT2D eigenvalue weighted by Gasteiger charge is -2.54. The lowest BCUT2D eigenvalue weighted by molar-refractivity contribution is 0.0128. The summed E-state index contributed by atoms with van der Waals surface area (Å²) < 4.78 is 54.5. The van der Waals surface area contributed by atoms with E-state index in [0.717, 1.165) is 54.5 Å². The lowest BCUT2D eigenvalue weighted by Crippen LogP contribution is -2.61. The van der Waals surface area contributed by atoms with Crippen LogP contribution in [0.5, 0.6) is 0 Å². The molecule has 2 aromatic carbocycles. The van der Waals surface area contributed by atoms with E-state index in [1.54, 1.807) is 30.0 Å². The summed E-state index contributed by atoms with van der Waals surface area (Å²) >= 11 is 1.75. The Morgan fingerprint density at radius 2 is 1.71 bits per heavy atom. The molecular weight excluding hydrogens is 476 g/mol. The van der Waals surface area contributed by atoms with Crippen molar-refractivity contribution in [2.75, 3.05) is 31.9 Å². The van der Waals surface area contributed by atoms with Gasteiger partial charge in [0.15, 0.2) is 5.17 Å². The molecule has 0 bridgehead atoms. The van der Waals surface area contributed by atoms with Crippen molar-refractivity contribution >= 4 is 27.0 Å². The highest BCUT2D eigenvalue weighted by molar-refractivity contribution is 8.13. The Kier molecular flexibility index (Phi) is 6.52. The number of amidine groups is 1. The van der Waals surface area contributed by atoms with Crippen molar-refractivity contribution in [3.05, 3.63) is 77.5 Å². The fourth-order valence-electron chi connectivity index (χ4n) is 4.87. The van der Waals surface area contributed by atoms with Gasteiger partial charge in [-0.15, -0.1) is 0 Å². The lowest BCUT2D eigenvalue weighted by atomic mass is 9.73. The average molecular weight is 504 g/mol. The van der Waals surface area contributed by atoms with Crippen molar-refractivity contribution in [1.82, 2.24) is 9.21 Å². The summed E-state index contributed by atoms with van der Waals surface area (Å²) in [5.74, 6) is 0.0201. The zero-order chi connectivity index (χ0) is 23.8. The van der Waals surface area contributed by atoms with Crippen LogP contribution in [-0.4, -0.2) is 54.7 Å². The number of aliphatic imine (C=N–C) groups is 1. The van der Waals surface area contributed by atoms with Gasteiger partial charge in [-0.2, -0.15) is 4.31 Å². The topological polar surface area (TPSA) is 53.0 Å². The maximum absolute atomic E-state index is 14.1. The third-order valence-corrected chi connectivity index (χ3v) is 9.81. The number of sulfonamides is 1. The van der Waals surface area contributed by atoms with Crippen LogP contribution in [0, 0.1) is 17.0 Å². The second kappa shape index (κ2) is 9.43. The van der Waals surface area contributed by atoms with Crippen LogP contribution in [-0.2, 0) is 16.4 Å². The van der Waals surface area contributed by atoms with Crippen molar-refractivity contribution in [1.29, 1.82) is 0 Å². The second-order valence-corrected chi connectivity index (χ2v) is 12.2. The minimum absolute atomic E-state index is 0.0808. The molecule has 2 aromatic rings. The largest absolute Gasteiger partial charge is 0.350 e. The Labute approximate surface area is 203 Å². The van der Waals surface area contributed by atoms with Crippen LogP contribution < -0.4 is 0 Å². The van der Waals surface area contributed by atoms with Gasteiger partial charge in [0.2, 0.25) is 10.0 Å². The van der Waals surface area contributed by atoms with E-state index >= 15 is 0 Å². The fourth-order valence-corrected chi connectivity index (χ4v) is 7.29. The van der Waals surface area contributed by atoms with Crippen molar-refractivity contribution in [2.24, 2.45) is 10.4 Å². The summed E-state index contributed by atoms with van der Waals surface area (Å²) in [5.41, 5.74) is 2.11. The third-order valence-electron chi connectivity index (χ3n) is 6.83. The Balaban J connectivity index is 1.20. The number of piperidine rings is 1. The molecule has 0 amide bonds. The molecule has 5 nitrogen and oxygen atoms in total. The van der Waals surface area contributed by atoms with Gasteiger partial charge in [-0.1, -0.05) is 42.1 Å². The molecule has 3 aliphatic heterocycles. The van der Waals surface area contributed by atoms with Gasteiger partial charge in [0.1, 0.15) is 16.5 Å². The summed E-state index contributed by atoms with van der Waals surface area (Å²) in [6, 6.07) is 12.1. The van der Waals surface area contributed by atoms with E-state index in [1.165, 1.54) is 34.6 Å². The molecular formula is C25H27F2N3O2S2. The minimum Gasteiger partial charge on any atom is -0.350 e. The van der Waals surface area contributed by atoms with Gasteiger partial charge >= 0.3 is 0 Å². The first-order valence-corrected chi connectivity index (χ1v) is 13.9. The van der Waals surface area contributed by atoms with E-state index < -0.39 is 15.8 Å². The zero-order valence-corrected chi connectivity index (χ0v) is 20.4. The SMILES string of the molecule is O=S(=O)(c1ccccc1F)N1CCC2(CC1)CN(C1=NC(Cc3ccc(F)cc3)=CCCS1)C2. The van der Waals surface area contributed by atoms with Crippen LogP contribution in [0.3, 0.4) is 0 Å². The number of halogens is 2. The first kappa shape index (κ1) is 23.5. The first-order chi connectivity index (χ1) is 16.3. The summed E-state index contributed by atoms with van der Waals surface area (Å²) in [5, 5.41) is 1.01. The van der Waals surface area contributed by atoms with Gasteiger partial charge in [-0.3, -0.25) is 0 Å². The summed E-state index contributed by atoms with van der Waals surface area (Å²) in [4.78, 5) is 6.96. The van der Waals surface area contributed by atoms with E-state index in [9.17, 15) is 17.2 Å². The number of nitrogens with zero attached hydrogens (tertiary/aromatic N) is 3. The van der Waals surface area contributed by atoms with Gasteiger partial charge in [-0.25, -0.2) is 22.2 Å². The predicted octanol–water partition coefficient (Wildman–Crippen LogP) is 4.67. The molecule has 0 N–H and O–H groups in total. The van der Waals surface area contributed by atoms with Crippen LogP contribution in [0.1, 0.15) is 24.8 Å². The molecule has 3 heterocycles. The van der Waals surface area contributed by atoms with Crippen LogP contribution in [0.25, 0.3) is 0 Å². The van der Waals surface area contributed by atoms with Gasteiger partial charge in [0, 0.05) is 49.5 Å². The predicted molar refractivity (Wildman–Crippen MR) is 131 cm³/mol. The molecule has 34 heavy (non-hydrogen) atoms. The number of rotatable bonds is 4. The van der Waals surface area contributed by atoms with Crippen molar-refractivity contribution < 1.29 is 17.2 Å². The summed E-state index contributed by atoms with van der Waals surface area (Å²) in [6.45, 7) is 2.52. The second-order valence-electron chi connectivity index (χ2n) is 9.22. The number of hydrogen-bond acceptors (Lipinski definition) is 5. The average Bonchev–Trinajstić information content (AvgIpc) is 3.04. The standard InChI is InChI=1S/C25H27F2N3O2S2/c26-20-9-7-19(8-10-20)16-21-4-3-15-33-24(28-21)29-17-25(18-29)11-13-30(14-12-25)34(31,32)23-6-2-1-5-22(23)27/h1-2,4-10H,3,11-18H2. The minimum atomic E-state index is -3.82. The first-order valence-electron chi connectivity index (χ1n) is 11.5. The number of allylic oxidation sites excluding steroid dienone is 2. The Morgan fingerprint density at radius 3 is 2.41 bits per heavy atom. The molecule has 0 radical (unpaired) electrons. The molecule has 9 heteroatoms. The molecule has 180 valence electrons. The monoisotopic (exact) mass is 503 g/mol. The highest BCUT2D eigenvalue weighted by atomic mass is 32.2. The van der Waals surface area contributed by atoms with E-state index in [2.05, 4.69) is 11.0 Å². The summed E-state index contributed by atoms with van der Waals surface area (Å²) in [6.07, 6.45) is 5.29. The van der Waals surface area contributed by atoms with Crippen LogP contribution >= 0.6 is 11.8 Å². The highest BCUT2D eigenvalue weighted by Crippen LogP contribution is 2.43. The maximum Gasteiger partial charge on any atom is 0.245 e. The van der Waals surface area contributed by atoms with Gasteiger partial charge in [0.25, 0.3) is 0 Å². The van der Waals surface area contributed by atoms with Crippen LogP contribution in [0.4, 0.5) is 8.78 Å². The molecule has 2 saturated heterocycles. The number of hydrogen-bond donors (Lipinski definition) is 0. The molecule has 0 aromatic heterocycles. The smallest absolute Gasteiger partial charge is 0.245 e. The molecule has 0 saturated carbocycles. The third kappa shape index (κ3) is 4.78. The Hall–Kier alpha value is -2.23. The molecule has 0 aliphatic carbocycles. The molecule has 3 aliphatic rings. The van der Waals surface area contributed by atoms with E-state index in [1.807, 2.05) is 0 Å².